The Balaban J connectivity index is 1.87. The van der Waals surface area contributed by atoms with Gasteiger partial charge < -0.3 is 9.64 Å². The molecule has 2 saturated heterocycles. The minimum atomic E-state index is -0.919. The molecule has 3 rings (SSSR count). The van der Waals surface area contributed by atoms with Crippen molar-refractivity contribution in [1.29, 1.82) is 0 Å². The average molecular weight is 502 g/mol. The number of Topliss-reactive ketones (excluding diaryl/α,β-unsaturated/α-hetero) is 2. The van der Waals surface area contributed by atoms with Crippen LogP contribution in [-0.2, 0) is 23.9 Å². The van der Waals surface area contributed by atoms with Gasteiger partial charge in [0.05, 0.1) is 6.04 Å². The molecule has 36 heavy (non-hydrogen) atoms. The highest BCUT2D eigenvalue weighted by molar-refractivity contribution is 5.93. The highest BCUT2D eigenvalue weighted by atomic mass is 16.5. The molecule has 2 aliphatic heterocycles. The number of hydrogen-bond donors (Lipinski definition) is 0. The first-order valence-electron chi connectivity index (χ1n) is 14.2. The number of piperidine rings is 1. The van der Waals surface area contributed by atoms with Crippen LogP contribution in [0.3, 0.4) is 0 Å². The summed E-state index contributed by atoms with van der Waals surface area (Å²) in [7, 11) is 0. The Morgan fingerprint density at radius 1 is 1.08 bits per heavy atom. The van der Waals surface area contributed by atoms with Crippen molar-refractivity contribution in [1.82, 2.24) is 4.90 Å². The number of rotatable bonds is 6. The zero-order chi connectivity index (χ0) is 26.5. The number of ether oxygens (including phenoxy) is 1. The Morgan fingerprint density at radius 2 is 1.69 bits per heavy atom. The van der Waals surface area contributed by atoms with Crippen LogP contribution >= 0.6 is 0 Å². The summed E-state index contributed by atoms with van der Waals surface area (Å²) in [6.45, 7) is 12.1. The van der Waals surface area contributed by atoms with Crippen LogP contribution in [0.1, 0.15) is 105 Å². The molecule has 0 N–H and O–H groups in total. The molecule has 0 aromatic rings. The Labute approximate surface area is 217 Å². The summed E-state index contributed by atoms with van der Waals surface area (Å²) >= 11 is 0. The van der Waals surface area contributed by atoms with Crippen LogP contribution in [0, 0.1) is 29.1 Å². The van der Waals surface area contributed by atoms with Gasteiger partial charge in [-0.05, 0) is 36.5 Å². The zero-order valence-electron chi connectivity index (χ0n) is 22.9. The first kappa shape index (κ1) is 28.6. The smallest absolute Gasteiger partial charge is 0.303 e. The van der Waals surface area contributed by atoms with Crippen LogP contribution < -0.4 is 0 Å². The van der Waals surface area contributed by atoms with E-state index >= 15 is 0 Å². The van der Waals surface area contributed by atoms with E-state index in [0.717, 1.165) is 44.9 Å². The maximum absolute atomic E-state index is 13.9. The molecule has 6 nitrogen and oxygen atoms in total. The van der Waals surface area contributed by atoms with Gasteiger partial charge in [0.15, 0.2) is 17.7 Å². The van der Waals surface area contributed by atoms with Crippen LogP contribution in [-0.4, -0.2) is 47.0 Å². The van der Waals surface area contributed by atoms with E-state index in [0.29, 0.717) is 25.3 Å². The van der Waals surface area contributed by atoms with Gasteiger partial charge in [0.1, 0.15) is 0 Å². The second kappa shape index (κ2) is 12.5. The van der Waals surface area contributed by atoms with E-state index in [1.165, 1.54) is 13.3 Å². The van der Waals surface area contributed by atoms with Crippen LogP contribution in [0.5, 0.6) is 0 Å². The minimum absolute atomic E-state index is 0.0272. The van der Waals surface area contributed by atoms with Gasteiger partial charge in [0.2, 0.25) is 5.91 Å². The lowest BCUT2D eigenvalue weighted by atomic mass is 9.84. The molecular formula is C30H47NO5. The Bertz CT molecular complexity index is 833. The Kier molecular flexibility index (Phi) is 9.94. The maximum Gasteiger partial charge on any atom is 0.303 e. The molecule has 1 unspecified atom stereocenters. The fourth-order valence-electron chi connectivity index (χ4n) is 6.76. The van der Waals surface area contributed by atoms with Crippen LogP contribution in [0.2, 0.25) is 0 Å². The van der Waals surface area contributed by atoms with Crippen molar-refractivity contribution in [3.8, 4) is 0 Å². The van der Waals surface area contributed by atoms with Gasteiger partial charge in [0, 0.05) is 38.1 Å². The van der Waals surface area contributed by atoms with E-state index in [4.69, 9.17) is 4.74 Å². The molecule has 202 valence electrons. The molecule has 1 aliphatic carbocycles. The highest BCUT2D eigenvalue weighted by Gasteiger charge is 2.69. The van der Waals surface area contributed by atoms with Gasteiger partial charge in [-0.1, -0.05) is 71.8 Å². The largest absolute Gasteiger partial charge is 0.454 e. The molecule has 1 amide bonds. The monoisotopic (exact) mass is 501 g/mol. The number of nitrogens with zero attached hydrogens (tertiary/aromatic N) is 1. The van der Waals surface area contributed by atoms with E-state index in [9.17, 15) is 19.2 Å². The van der Waals surface area contributed by atoms with E-state index in [2.05, 4.69) is 20.4 Å². The van der Waals surface area contributed by atoms with Crippen LogP contribution in [0.25, 0.3) is 0 Å². The molecule has 0 aromatic carbocycles. The Morgan fingerprint density at radius 3 is 2.31 bits per heavy atom. The van der Waals surface area contributed by atoms with Gasteiger partial charge in [-0.15, -0.1) is 6.58 Å². The van der Waals surface area contributed by atoms with E-state index in [1.54, 1.807) is 6.08 Å². The second-order valence-corrected chi connectivity index (χ2v) is 12.1. The van der Waals surface area contributed by atoms with Crippen molar-refractivity contribution < 1.29 is 23.9 Å². The molecule has 3 aliphatic rings. The summed E-state index contributed by atoms with van der Waals surface area (Å²) in [6.07, 6.45) is 10.8. The third-order valence-electron chi connectivity index (χ3n) is 9.05. The first-order valence-corrected chi connectivity index (χ1v) is 14.2. The van der Waals surface area contributed by atoms with Gasteiger partial charge in [-0.2, -0.15) is 0 Å². The third kappa shape index (κ3) is 6.66. The van der Waals surface area contributed by atoms with E-state index in [1.807, 2.05) is 11.8 Å². The molecule has 2 heterocycles. The van der Waals surface area contributed by atoms with Gasteiger partial charge in [0.25, 0.3) is 0 Å². The molecule has 0 spiro atoms. The van der Waals surface area contributed by atoms with Gasteiger partial charge >= 0.3 is 5.97 Å². The van der Waals surface area contributed by atoms with Crippen molar-refractivity contribution in [2.24, 2.45) is 29.1 Å². The van der Waals surface area contributed by atoms with E-state index in [-0.39, 0.29) is 53.5 Å². The minimum Gasteiger partial charge on any atom is -0.454 e. The number of carbonyl (C=O) groups is 4. The average Bonchev–Trinajstić information content (AvgIpc) is 3.16. The highest BCUT2D eigenvalue weighted by Crippen LogP contribution is 2.65. The molecule has 0 radical (unpaired) electrons. The van der Waals surface area contributed by atoms with Gasteiger partial charge in [-0.25, -0.2) is 0 Å². The predicted molar refractivity (Wildman–Crippen MR) is 140 cm³/mol. The third-order valence-corrected chi connectivity index (χ3v) is 9.05. The fourth-order valence-corrected chi connectivity index (χ4v) is 6.76. The summed E-state index contributed by atoms with van der Waals surface area (Å²) < 4.78 is 5.57. The van der Waals surface area contributed by atoms with Crippen molar-refractivity contribution in [3.63, 3.8) is 0 Å². The lowest BCUT2D eigenvalue weighted by molar-refractivity contribution is -0.157. The summed E-state index contributed by atoms with van der Waals surface area (Å²) in [4.78, 5) is 54.3. The first-order chi connectivity index (χ1) is 17.1. The number of amides is 1. The van der Waals surface area contributed by atoms with Crippen molar-refractivity contribution in [2.45, 2.75) is 117 Å². The molecule has 3 fully saturated rings. The summed E-state index contributed by atoms with van der Waals surface area (Å²) in [5.41, 5.74) is 0.0474. The number of ketones is 2. The number of carbonyl (C=O) groups excluding carboxylic acids is 4. The summed E-state index contributed by atoms with van der Waals surface area (Å²) in [5.74, 6) is -0.443. The maximum atomic E-state index is 13.9. The number of allylic oxidation sites excluding steroid dienone is 1. The number of fused-ring (bicyclic) bond motifs is 3. The normalized spacial score (nSPS) is 32.2. The Hall–Kier alpha value is -1.98. The second-order valence-electron chi connectivity index (χ2n) is 12.1. The van der Waals surface area contributed by atoms with Crippen molar-refractivity contribution >= 4 is 23.4 Å². The van der Waals surface area contributed by atoms with Crippen LogP contribution in [0.4, 0.5) is 0 Å². The van der Waals surface area contributed by atoms with Crippen molar-refractivity contribution in [2.75, 3.05) is 6.54 Å². The molecule has 0 aromatic heterocycles. The molecule has 1 saturated carbocycles. The van der Waals surface area contributed by atoms with Crippen LogP contribution in [0.15, 0.2) is 12.7 Å². The topological polar surface area (TPSA) is 80.8 Å². The lowest BCUT2D eigenvalue weighted by Crippen LogP contribution is -2.48. The number of hydrogen-bond acceptors (Lipinski definition) is 5. The zero-order valence-corrected chi connectivity index (χ0v) is 22.9. The molecule has 6 heteroatoms. The summed E-state index contributed by atoms with van der Waals surface area (Å²) in [6, 6.07) is -0.434. The fraction of sp³-hybridized carbons (Fsp3) is 0.800. The molecule has 6 atom stereocenters. The SMILES string of the molecule is C=CCCC(=O)C(OC(C)=O)[C@@H]1CCCCCCCCC[C@H](C)C(=O)N2C[C@H]3[C@@H]([C@H]2C(=O)C1)C3(C)C. The standard InChI is InChI=1S/C30H47NO5/c1-6-7-17-24(33)28(36-21(3)32)22-16-14-12-10-8-9-11-13-15-20(2)29(35)31-19-23-26(30(23,4)5)27(31)25(34)18-22/h6,20,22-23,26-28H,1,7-19H2,2-5H3/t20-,22+,23-,26-,27+,28?/m0/s1. The summed E-state index contributed by atoms with van der Waals surface area (Å²) in [5, 5.41) is 0. The van der Waals surface area contributed by atoms with E-state index < -0.39 is 18.1 Å². The number of esters is 1. The molecular weight excluding hydrogens is 454 g/mol. The molecule has 0 bridgehead atoms. The van der Waals surface area contributed by atoms with Crippen molar-refractivity contribution in [3.05, 3.63) is 12.7 Å². The predicted octanol–water partition coefficient (Wildman–Crippen LogP) is 5.67. The quantitative estimate of drug-likeness (QED) is 0.346. The lowest BCUT2D eigenvalue weighted by Gasteiger charge is -2.34. The van der Waals surface area contributed by atoms with Gasteiger partial charge in [-0.3, -0.25) is 19.2 Å².